The molecule has 4 heteroatoms. The Morgan fingerprint density at radius 1 is 1.57 bits per heavy atom. The SMILES string of the molecule is CCC1C(=O)CC1c1cc(Cl)sc1Cl. The molecule has 0 aromatic carbocycles. The third-order valence-electron chi connectivity index (χ3n) is 2.84. The monoisotopic (exact) mass is 248 g/mol. The van der Waals surface area contributed by atoms with Crippen LogP contribution in [0.2, 0.25) is 8.67 Å². The van der Waals surface area contributed by atoms with E-state index in [0.717, 1.165) is 16.3 Å². The van der Waals surface area contributed by atoms with Crippen LogP contribution < -0.4 is 0 Å². The predicted molar refractivity (Wildman–Crippen MR) is 60.5 cm³/mol. The van der Waals surface area contributed by atoms with Crippen molar-refractivity contribution in [2.75, 3.05) is 0 Å². The highest BCUT2D eigenvalue weighted by atomic mass is 35.5. The summed E-state index contributed by atoms with van der Waals surface area (Å²) < 4.78 is 1.45. The van der Waals surface area contributed by atoms with Gasteiger partial charge in [-0.1, -0.05) is 30.1 Å². The lowest BCUT2D eigenvalue weighted by atomic mass is 9.68. The van der Waals surface area contributed by atoms with Gasteiger partial charge in [0.15, 0.2) is 0 Å². The van der Waals surface area contributed by atoms with Crippen molar-refractivity contribution >= 4 is 40.3 Å². The maximum atomic E-state index is 11.3. The van der Waals surface area contributed by atoms with Crippen LogP contribution in [-0.4, -0.2) is 5.78 Å². The molecular weight excluding hydrogens is 239 g/mol. The molecule has 1 heterocycles. The summed E-state index contributed by atoms with van der Waals surface area (Å²) in [6.45, 7) is 2.04. The Labute approximate surface area is 97.0 Å². The summed E-state index contributed by atoms with van der Waals surface area (Å²) in [6.07, 6.45) is 1.53. The van der Waals surface area contributed by atoms with Crippen LogP contribution in [0.15, 0.2) is 6.07 Å². The van der Waals surface area contributed by atoms with Gasteiger partial charge in [-0.25, -0.2) is 0 Å². The van der Waals surface area contributed by atoms with Crippen molar-refractivity contribution in [3.63, 3.8) is 0 Å². The molecule has 1 saturated carbocycles. The van der Waals surface area contributed by atoms with Crippen LogP contribution in [0.1, 0.15) is 31.2 Å². The van der Waals surface area contributed by atoms with E-state index in [2.05, 4.69) is 0 Å². The van der Waals surface area contributed by atoms with Gasteiger partial charge < -0.3 is 0 Å². The van der Waals surface area contributed by atoms with Crippen LogP contribution in [0.5, 0.6) is 0 Å². The number of rotatable bonds is 2. The number of carbonyl (C=O) groups excluding carboxylic acids is 1. The first-order valence-corrected chi connectivity index (χ1v) is 6.18. The van der Waals surface area contributed by atoms with Gasteiger partial charge in [-0.2, -0.15) is 0 Å². The van der Waals surface area contributed by atoms with E-state index in [0.29, 0.717) is 22.5 Å². The fourth-order valence-electron chi connectivity index (χ4n) is 2.02. The lowest BCUT2D eigenvalue weighted by Gasteiger charge is -2.34. The smallest absolute Gasteiger partial charge is 0.137 e. The van der Waals surface area contributed by atoms with Gasteiger partial charge in [0.1, 0.15) is 5.78 Å². The summed E-state index contributed by atoms with van der Waals surface area (Å²) in [5.74, 6) is 0.831. The van der Waals surface area contributed by atoms with Gasteiger partial charge in [0.25, 0.3) is 0 Å². The van der Waals surface area contributed by atoms with Gasteiger partial charge >= 0.3 is 0 Å². The third-order valence-corrected chi connectivity index (χ3v) is 4.36. The van der Waals surface area contributed by atoms with E-state index in [-0.39, 0.29) is 5.92 Å². The fourth-order valence-corrected chi connectivity index (χ4v) is 3.62. The van der Waals surface area contributed by atoms with E-state index in [1.54, 1.807) is 0 Å². The van der Waals surface area contributed by atoms with Crippen LogP contribution in [0.3, 0.4) is 0 Å². The zero-order valence-corrected chi connectivity index (χ0v) is 10.0. The molecule has 0 radical (unpaired) electrons. The van der Waals surface area contributed by atoms with E-state index < -0.39 is 0 Å². The summed E-state index contributed by atoms with van der Waals surface area (Å²) in [6, 6.07) is 1.90. The molecule has 1 nitrogen and oxygen atoms in total. The van der Waals surface area contributed by atoms with Crippen molar-refractivity contribution in [2.24, 2.45) is 5.92 Å². The topological polar surface area (TPSA) is 17.1 Å². The molecular formula is C10H10Cl2OS. The summed E-state index contributed by atoms with van der Waals surface area (Å²) >= 11 is 13.3. The first kappa shape index (κ1) is 10.5. The molecule has 1 aliphatic rings. The Morgan fingerprint density at radius 2 is 2.29 bits per heavy atom. The van der Waals surface area contributed by atoms with E-state index in [1.165, 1.54) is 11.3 Å². The van der Waals surface area contributed by atoms with Crippen molar-refractivity contribution in [1.29, 1.82) is 0 Å². The highest BCUT2D eigenvalue weighted by Crippen LogP contribution is 2.47. The minimum Gasteiger partial charge on any atom is -0.299 e. The van der Waals surface area contributed by atoms with Crippen molar-refractivity contribution < 1.29 is 4.79 Å². The Balaban J connectivity index is 2.24. The van der Waals surface area contributed by atoms with Crippen LogP contribution in [0, 0.1) is 5.92 Å². The molecule has 76 valence electrons. The third kappa shape index (κ3) is 1.60. The number of Topliss-reactive ketones (excluding diaryl/α,β-unsaturated/α-hetero) is 1. The maximum Gasteiger partial charge on any atom is 0.137 e. The van der Waals surface area contributed by atoms with Crippen molar-refractivity contribution in [1.82, 2.24) is 0 Å². The second kappa shape index (κ2) is 3.84. The molecule has 1 aromatic heterocycles. The number of hydrogen-bond acceptors (Lipinski definition) is 2. The average molecular weight is 249 g/mol. The Kier molecular flexibility index (Phi) is 2.87. The molecule has 14 heavy (non-hydrogen) atoms. The average Bonchev–Trinajstić information content (AvgIpc) is 2.41. The summed E-state index contributed by atoms with van der Waals surface area (Å²) in [7, 11) is 0. The van der Waals surface area contributed by atoms with Gasteiger partial charge in [0, 0.05) is 18.3 Å². The van der Waals surface area contributed by atoms with E-state index >= 15 is 0 Å². The predicted octanol–water partition coefficient (Wildman–Crippen LogP) is 4.14. The lowest BCUT2D eigenvalue weighted by molar-refractivity contribution is -0.131. The number of hydrogen-bond donors (Lipinski definition) is 0. The Morgan fingerprint density at radius 3 is 2.71 bits per heavy atom. The molecule has 0 spiro atoms. The minimum absolute atomic E-state index is 0.165. The molecule has 1 aromatic rings. The number of thiophene rings is 1. The molecule has 2 rings (SSSR count). The standard InChI is InChI=1S/C10H10Cl2OS/c1-2-5-6(3-8(5)13)7-4-9(11)14-10(7)12/h4-6H,2-3H2,1H3. The van der Waals surface area contributed by atoms with Gasteiger partial charge in [-0.15, -0.1) is 11.3 Å². The fraction of sp³-hybridized carbons (Fsp3) is 0.500. The first-order chi connectivity index (χ1) is 6.63. The largest absolute Gasteiger partial charge is 0.299 e. The highest BCUT2D eigenvalue weighted by Gasteiger charge is 2.40. The molecule has 0 bridgehead atoms. The molecule has 0 amide bonds. The summed E-state index contributed by atoms with van der Waals surface area (Å²) in [5, 5.41) is 0. The molecule has 0 N–H and O–H groups in total. The molecule has 2 atom stereocenters. The molecule has 1 fully saturated rings. The normalized spacial score (nSPS) is 26.4. The zero-order valence-electron chi connectivity index (χ0n) is 7.72. The minimum atomic E-state index is 0.165. The van der Waals surface area contributed by atoms with Gasteiger partial charge in [0.05, 0.1) is 8.67 Å². The van der Waals surface area contributed by atoms with E-state index in [4.69, 9.17) is 23.2 Å². The number of carbonyl (C=O) groups is 1. The first-order valence-electron chi connectivity index (χ1n) is 4.61. The van der Waals surface area contributed by atoms with Crippen LogP contribution >= 0.6 is 34.5 Å². The van der Waals surface area contributed by atoms with E-state index in [1.807, 2.05) is 13.0 Å². The quantitative estimate of drug-likeness (QED) is 0.769. The van der Waals surface area contributed by atoms with Crippen molar-refractivity contribution in [3.8, 4) is 0 Å². The summed E-state index contributed by atoms with van der Waals surface area (Å²) in [4.78, 5) is 11.3. The van der Waals surface area contributed by atoms with E-state index in [9.17, 15) is 4.79 Å². The molecule has 2 unspecified atom stereocenters. The molecule has 0 saturated heterocycles. The van der Waals surface area contributed by atoms with Crippen molar-refractivity contribution in [2.45, 2.75) is 25.7 Å². The number of halogens is 2. The van der Waals surface area contributed by atoms with Gasteiger partial charge in [0.2, 0.25) is 0 Å². The Bertz CT molecular complexity index is 372. The molecule has 1 aliphatic carbocycles. The van der Waals surface area contributed by atoms with Crippen LogP contribution in [-0.2, 0) is 4.79 Å². The Hall–Kier alpha value is -0.0500. The second-order valence-electron chi connectivity index (χ2n) is 3.57. The summed E-state index contributed by atoms with van der Waals surface area (Å²) in [5.41, 5.74) is 1.06. The lowest BCUT2D eigenvalue weighted by Crippen LogP contribution is -2.34. The van der Waals surface area contributed by atoms with Gasteiger partial charge in [-0.3, -0.25) is 4.79 Å². The second-order valence-corrected chi connectivity index (χ2v) is 5.86. The maximum absolute atomic E-state index is 11.3. The van der Waals surface area contributed by atoms with Crippen LogP contribution in [0.25, 0.3) is 0 Å². The van der Waals surface area contributed by atoms with Crippen molar-refractivity contribution in [3.05, 3.63) is 20.3 Å². The highest BCUT2D eigenvalue weighted by molar-refractivity contribution is 7.20. The zero-order chi connectivity index (χ0) is 10.3. The number of ketones is 1. The van der Waals surface area contributed by atoms with Gasteiger partial charge in [-0.05, 0) is 18.1 Å². The van der Waals surface area contributed by atoms with Crippen LogP contribution in [0.4, 0.5) is 0 Å². The molecule has 0 aliphatic heterocycles.